The second-order valence-corrected chi connectivity index (χ2v) is 6.42. The molecular formula is C16H31ClN2O. The van der Waals surface area contributed by atoms with Crippen molar-refractivity contribution in [2.75, 3.05) is 6.54 Å². The normalized spacial score (nSPS) is 25.9. The van der Waals surface area contributed by atoms with E-state index < -0.39 is 0 Å². The van der Waals surface area contributed by atoms with Crippen LogP contribution in [0.5, 0.6) is 0 Å². The van der Waals surface area contributed by atoms with E-state index in [9.17, 15) is 4.79 Å². The molecule has 2 rings (SSSR count). The quantitative estimate of drug-likeness (QED) is 0.675. The Morgan fingerprint density at radius 1 is 1.05 bits per heavy atom. The summed E-state index contributed by atoms with van der Waals surface area (Å²) in [4.78, 5) is 11.8. The highest BCUT2D eigenvalue weighted by Crippen LogP contribution is 2.44. The second kappa shape index (κ2) is 9.62. The van der Waals surface area contributed by atoms with Crippen molar-refractivity contribution in [3.05, 3.63) is 0 Å². The van der Waals surface area contributed by atoms with Gasteiger partial charge in [0.2, 0.25) is 5.91 Å². The SMILES string of the molecule is Cl.NCCCCCCC(=O)NC1CC1C1CCCCC1. The summed E-state index contributed by atoms with van der Waals surface area (Å²) >= 11 is 0. The Bertz CT molecular complexity index is 280. The van der Waals surface area contributed by atoms with Gasteiger partial charge in [0.05, 0.1) is 0 Å². The van der Waals surface area contributed by atoms with E-state index in [0.29, 0.717) is 12.5 Å². The van der Waals surface area contributed by atoms with Gasteiger partial charge in [0.25, 0.3) is 0 Å². The average molecular weight is 303 g/mol. The van der Waals surface area contributed by atoms with Crippen LogP contribution in [0.4, 0.5) is 0 Å². The summed E-state index contributed by atoms with van der Waals surface area (Å²) in [6.45, 7) is 0.775. The number of carbonyl (C=O) groups excluding carboxylic acids is 1. The van der Waals surface area contributed by atoms with Gasteiger partial charge in [-0.1, -0.05) is 44.9 Å². The van der Waals surface area contributed by atoms with Gasteiger partial charge in [-0.05, 0) is 37.6 Å². The first-order valence-corrected chi connectivity index (χ1v) is 8.30. The molecule has 0 bridgehead atoms. The van der Waals surface area contributed by atoms with Gasteiger partial charge in [0.1, 0.15) is 0 Å². The highest BCUT2D eigenvalue weighted by atomic mass is 35.5. The molecule has 118 valence electrons. The van der Waals surface area contributed by atoms with Gasteiger partial charge < -0.3 is 11.1 Å². The van der Waals surface area contributed by atoms with Crippen molar-refractivity contribution in [2.24, 2.45) is 17.6 Å². The van der Waals surface area contributed by atoms with Crippen molar-refractivity contribution < 1.29 is 4.79 Å². The number of amides is 1. The molecule has 3 nitrogen and oxygen atoms in total. The zero-order valence-corrected chi connectivity index (χ0v) is 13.4. The second-order valence-electron chi connectivity index (χ2n) is 6.42. The van der Waals surface area contributed by atoms with Crippen molar-refractivity contribution in [3.8, 4) is 0 Å². The Hall–Kier alpha value is -0.280. The van der Waals surface area contributed by atoms with Crippen molar-refractivity contribution in [3.63, 3.8) is 0 Å². The lowest BCUT2D eigenvalue weighted by atomic mass is 9.85. The number of nitrogens with one attached hydrogen (secondary N) is 1. The van der Waals surface area contributed by atoms with Gasteiger partial charge in [-0.25, -0.2) is 0 Å². The molecule has 2 aliphatic carbocycles. The molecule has 2 saturated carbocycles. The third-order valence-electron chi connectivity index (χ3n) is 4.80. The largest absolute Gasteiger partial charge is 0.353 e. The molecule has 1 amide bonds. The van der Waals surface area contributed by atoms with Gasteiger partial charge in [-0.15, -0.1) is 12.4 Å². The van der Waals surface area contributed by atoms with Gasteiger partial charge in [-0.3, -0.25) is 4.79 Å². The van der Waals surface area contributed by atoms with Crippen LogP contribution in [-0.4, -0.2) is 18.5 Å². The summed E-state index contributed by atoms with van der Waals surface area (Å²) in [5.41, 5.74) is 5.45. The number of nitrogens with two attached hydrogens (primary N) is 1. The molecule has 20 heavy (non-hydrogen) atoms. The summed E-state index contributed by atoms with van der Waals surface area (Å²) in [7, 11) is 0. The van der Waals surface area contributed by atoms with Crippen molar-refractivity contribution in [1.29, 1.82) is 0 Å². The average Bonchev–Trinajstić information content (AvgIpc) is 3.19. The zero-order chi connectivity index (χ0) is 13.5. The summed E-state index contributed by atoms with van der Waals surface area (Å²) in [6.07, 6.45) is 13.4. The van der Waals surface area contributed by atoms with E-state index in [1.165, 1.54) is 38.5 Å². The standard InChI is InChI=1S/C16H30N2O.ClH/c17-11-7-2-1-6-10-16(19)18-15-12-14(15)13-8-4-3-5-9-13;/h13-15H,1-12,17H2,(H,18,19);1H. The number of unbranched alkanes of at least 4 members (excludes halogenated alkanes) is 3. The number of carbonyl (C=O) groups is 1. The highest BCUT2D eigenvalue weighted by Gasteiger charge is 2.43. The molecule has 2 atom stereocenters. The lowest BCUT2D eigenvalue weighted by Crippen LogP contribution is -2.28. The summed E-state index contributed by atoms with van der Waals surface area (Å²) in [5.74, 6) is 1.99. The summed E-state index contributed by atoms with van der Waals surface area (Å²) in [6, 6.07) is 0.514. The van der Waals surface area contributed by atoms with E-state index in [-0.39, 0.29) is 18.3 Å². The van der Waals surface area contributed by atoms with E-state index in [4.69, 9.17) is 5.73 Å². The molecule has 4 heteroatoms. The van der Waals surface area contributed by atoms with Gasteiger partial charge in [0.15, 0.2) is 0 Å². The predicted octanol–water partition coefficient (Wildman–Crippen LogP) is 3.40. The Kier molecular flexibility index (Phi) is 8.55. The Morgan fingerprint density at radius 3 is 2.45 bits per heavy atom. The number of halogens is 1. The van der Waals surface area contributed by atoms with E-state index >= 15 is 0 Å². The lowest BCUT2D eigenvalue weighted by molar-refractivity contribution is -0.121. The summed E-state index contributed by atoms with van der Waals surface area (Å²) in [5, 5.41) is 3.23. The molecule has 0 saturated heterocycles. The van der Waals surface area contributed by atoms with Crippen LogP contribution in [0.1, 0.15) is 70.6 Å². The smallest absolute Gasteiger partial charge is 0.220 e. The third-order valence-corrected chi connectivity index (χ3v) is 4.80. The van der Waals surface area contributed by atoms with Crippen LogP contribution in [0.25, 0.3) is 0 Å². The first-order valence-electron chi connectivity index (χ1n) is 8.30. The van der Waals surface area contributed by atoms with Crippen LogP contribution in [0, 0.1) is 11.8 Å². The highest BCUT2D eigenvalue weighted by molar-refractivity contribution is 5.85. The first-order chi connectivity index (χ1) is 9.31. The molecule has 0 aliphatic heterocycles. The van der Waals surface area contributed by atoms with Crippen molar-refractivity contribution >= 4 is 18.3 Å². The van der Waals surface area contributed by atoms with Crippen LogP contribution < -0.4 is 11.1 Å². The Morgan fingerprint density at radius 2 is 1.75 bits per heavy atom. The molecule has 0 aromatic carbocycles. The Labute approximate surface area is 129 Å². The molecular weight excluding hydrogens is 272 g/mol. The maximum Gasteiger partial charge on any atom is 0.220 e. The van der Waals surface area contributed by atoms with Crippen LogP contribution in [0.3, 0.4) is 0 Å². The van der Waals surface area contributed by atoms with Crippen LogP contribution in [-0.2, 0) is 4.79 Å². The first kappa shape index (κ1) is 17.8. The van der Waals surface area contributed by atoms with Crippen molar-refractivity contribution in [1.82, 2.24) is 5.32 Å². The van der Waals surface area contributed by atoms with Crippen LogP contribution in [0.15, 0.2) is 0 Å². The molecule has 0 radical (unpaired) electrons. The van der Waals surface area contributed by atoms with E-state index in [2.05, 4.69) is 5.32 Å². The van der Waals surface area contributed by atoms with Crippen LogP contribution in [0.2, 0.25) is 0 Å². The van der Waals surface area contributed by atoms with Crippen molar-refractivity contribution in [2.45, 2.75) is 76.7 Å². The van der Waals surface area contributed by atoms with Crippen LogP contribution >= 0.6 is 12.4 Å². The van der Waals surface area contributed by atoms with Gasteiger partial charge in [-0.2, -0.15) is 0 Å². The van der Waals surface area contributed by atoms with E-state index in [0.717, 1.165) is 44.1 Å². The monoisotopic (exact) mass is 302 g/mol. The molecule has 2 aliphatic rings. The predicted molar refractivity (Wildman–Crippen MR) is 86.0 cm³/mol. The minimum Gasteiger partial charge on any atom is -0.353 e. The van der Waals surface area contributed by atoms with Gasteiger partial charge in [0, 0.05) is 12.5 Å². The third kappa shape index (κ3) is 6.01. The fraction of sp³-hybridized carbons (Fsp3) is 0.938. The topological polar surface area (TPSA) is 55.1 Å². The molecule has 0 heterocycles. The molecule has 2 unspecified atom stereocenters. The zero-order valence-electron chi connectivity index (χ0n) is 12.6. The maximum absolute atomic E-state index is 11.8. The minimum absolute atomic E-state index is 0. The number of hydrogen-bond donors (Lipinski definition) is 2. The number of hydrogen-bond acceptors (Lipinski definition) is 2. The molecule has 0 aromatic heterocycles. The Balaban J connectivity index is 0.00000200. The number of rotatable bonds is 8. The molecule has 0 spiro atoms. The molecule has 0 aromatic rings. The fourth-order valence-electron chi connectivity index (χ4n) is 3.53. The van der Waals surface area contributed by atoms with Gasteiger partial charge >= 0.3 is 0 Å². The molecule has 3 N–H and O–H groups in total. The fourth-order valence-corrected chi connectivity index (χ4v) is 3.53. The van der Waals surface area contributed by atoms with E-state index in [1.807, 2.05) is 0 Å². The minimum atomic E-state index is 0. The lowest BCUT2D eigenvalue weighted by Gasteiger charge is -2.21. The van der Waals surface area contributed by atoms with E-state index in [1.54, 1.807) is 0 Å². The maximum atomic E-state index is 11.8. The summed E-state index contributed by atoms with van der Waals surface area (Å²) < 4.78 is 0. The molecule has 2 fully saturated rings.